The third-order valence-electron chi connectivity index (χ3n) is 6.18. The second-order valence-electron chi connectivity index (χ2n) is 8.60. The Hall–Kier alpha value is -4.71. The van der Waals surface area contributed by atoms with Gasteiger partial charge in [-0.05, 0) is 48.7 Å². The van der Waals surface area contributed by atoms with Crippen molar-refractivity contribution in [3.05, 3.63) is 108 Å². The molecular weight excluding hydrogens is 450 g/mol. The van der Waals surface area contributed by atoms with E-state index in [0.717, 1.165) is 27.9 Å². The Kier molecular flexibility index (Phi) is 6.33. The number of aromatic nitrogens is 2. The van der Waals surface area contributed by atoms with Crippen LogP contribution in [0, 0.1) is 6.92 Å². The van der Waals surface area contributed by atoms with Crippen molar-refractivity contribution < 1.29 is 14.4 Å². The van der Waals surface area contributed by atoms with Crippen molar-refractivity contribution in [2.45, 2.75) is 19.8 Å². The van der Waals surface area contributed by atoms with E-state index in [1.165, 1.54) is 0 Å². The lowest BCUT2D eigenvalue weighted by Crippen LogP contribution is -2.07. The fourth-order valence-electron chi connectivity index (χ4n) is 4.13. The number of carboxylic acids is 1. The zero-order valence-electron chi connectivity index (χ0n) is 20.0. The molecule has 1 unspecified atom stereocenters. The average molecular weight is 476 g/mol. The Morgan fingerprint density at radius 2 is 1.56 bits per heavy atom. The molecule has 0 saturated carbocycles. The first kappa shape index (κ1) is 23.1. The highest BCUT2D eigenvalue weighted by Crippen LogP contribution is 2.40. The summed E-state index contributed by atoms with van der Waals surface area (Å²) in [5.41, 5.74) is 6.57. The van der Waals surface area contributed by atoms with Crippen LogP contribution in [0.2, 0.25) is 0 Å². The van der Waals surface area contributed by atoms with Crippen LogP contribution in [0.5, 0.6) is 0 Å². The maximum absolute atomic E-state index is 11.7. The van der Waals surface area contributed by atoms with Gasteiger partial charge in [0.2, 0.25) is 0 Å². The standard InChI is InChI=1S/C30H25N3O3/c1-19(30(34)35)23-16-17-24(21-10-5-3-6-11-21)25(18-23)29-28(20(2)33-36-29)32-27-15-9-14-26(31-27)22-12-7-4-8-13-22/h3-19H,1-2H3,(H,31,32)(H,34,35). The molecule has 0 fully saturated rings. The molecule has 5 rings (SSSR count). The smallest absolute Gasteiger partial charge is 0.310 e. The molecule has 0 saturated heterocycles. The largest absolute Gasteiger partial charge is 0.481 e. The number of carbonyl (C=O) groups is 1. The summed E-state index contributed by atoms with van der Waals surface area (Å²) < 4.78 is 5.84. The summed E-state index contributed by atoms with van der Waals surface area (Å²) >= 11 is 0. The molecule has 0 amide bonds. The van der Waals surface area contributed by atoms with Gasteiger partial charge in [-0.2, -0.15) is 0 Å². The van der Waals surface area contributed by atoms with Gasteiger partial charge in [0.05, 0.1) is 11.6 Å². The van der Waals surface area contributed by atoms with Crippen LogP contribution in [0.4, 0.5) is 11.5 Å². The first-order valence-corrected chi connectivity index (χ1v) is 11.7. The normalized spacial score (nSPS) is 11.7. The zero-order valence-corrected chi connectivity index (χ0v) is 20.0. The second-order valence-corrected chi connectivity index (χ2v) is 8.60. The number of nitrogens with one attached hydrogen (secondary N) is 1. The lowest BCUT2D eigenvalue weighted by atomic mass is 9.91. The minimum atomic E-state index is -0.887. The van der Waals surface area contributed by atoms with Gasteiger partial charge in [0, 0.05) is 11.1 Å². The number of rotatable bonds is 7. The monoisotopic (exact) mass is 475 g/mol. The van der Waals surface area contributed by atoms with Crippen LogP contribution in [0.1, 0.15) is 24.1 Å². The third-order valence-corrected chi connectivity index (χ3v) is 6.18. The van der Waals surface area contributed by atoms with Gasteiger partial charge in [0.1, 0.15) is 17.2 Å². The van der Waals surface area contributed by atoms with Crippen LogP contribution in [0.3, 0.4) is 0 Å². The van der Waals surface area contributed by atoms with Gasteiger partial charge < -0.3 is 14.9 Å². The number of pyridine rings is 1. The average Bonchev–Trinajstić information content (AvgIpc) is 3.28. The molecule has 0 bridgehead atoms. The number of aryl methyl sites for hydroxylation is 1. The summed E-state index contributed by atoms with van der Waals surface area (Å²) in [6.07, 6.45) is 0. The van der Waals surface area contributed by atoms with Crippen LogP contribution in [-0.2, 0) is 4.79 Å². The Bertz CT molecular complexity index is 1510. The first-order valence-electron chi connectivity index (χ1n) is 11.7. The predicted molar refractivity (Wildman–Crippen MR) is 141 cm³/mol. The molecule has 178 valence electrons. The van der Waals surface area contributed by atoms with Crippen LogP contribution in [0.25, 0.3) is 33.7 Å². The molecule has 0 aliphatic carbocycles. The molecule has 36 heavy (non-hydrogen) atoms. The van der Waals surface area contributed by atoms with Crippen molar-refractivity contribution in [3.8, 4) is 33.7 Å². The molecule has 0 aliphatic heterocycles. The van der Waals surface area contributed by atoms with Gasteiger partial charge >= 0.3 is 5.97 Å². The van der Waals surface area contributed by atoms with Crippen LogP contribution < -0.4 is 5.32 Å². The summed E-state index contributed by atoms with van der Waals surface area (Å²) in [4.78, 5) is 16.5. The Morgan fingerprint density at radius 1 is 0.861 bits per heavy atom. The predicted octanol–water partition coefficient (Wildman–Crippen LogP) is 7.31. The highest BCUT2D eigenvalue weighted by molar-refractivity contribution is 5.89. The fourth-order valence-corrected chi connectivity index (χ4v) is 4.13. The minimum absolute atomic E-state index is 0.526. The van der Waals surface area contributed by atoms with Crippen molar-refractivity contribution in [1.82, 2.24) is 10.1 Å². The van der Waals surface area contributed by atoms with E-state index < -0.39 is 11.9 Å². The summed E-state index contributed by atoms with van der Waals surface area (Å²) in [5, 5.41) is 17.2. The Balaban J connectivity index is 1.60. The van der Waals surface area contributed by atoms with E-state index in [2.05, 4.69) is 10.5 Å². The minimum Gasteiger partial charge on any atom is -0.481 e. The van der Waals surface area contributed by atoms with Crippen molar-refractivity contribution in [3.63, 3.8) is 0 Å². The van der Waals surface area contributed by atoms with Crippen LogP contribution in [0.15, 0.2) is 102 Å². The molecule has 6 heteroatoms. The molecular formula is C30H25N3O3. The van der Waals surface area contributed by atoms with E-state index in [4.69, 9.17) is 9.51 Å². The van der Waals surface area contributed by atoms with E-state index in [-0.39, 0.29) is 0 Å². The second kappa shape index (κ2) is 9.88. The van der Waals surface area contributed by atoms with Crippen molar-refractivity contribution in [2.75, 3.05) is 5.32 Å². The molecule has 0 radical (unpaired) electrons. The lowest BCUT2D eigenvalue weighted by Gasteiger charge is -2.14. The molecule has 1 atom stereocenters. The molecule has 2 heterocycles. The number of hydrogen-bond acceptors (Lipinski definition) is 5. The molecule has 0 spiro atoms. The highest BCUT2D eigenvalue weighted by Gasteiger charge is 2.22. The summed E-state index contributed by atoms with van der Waals surface area (Å²) in [6, 6.07) is 31.4. The zero-order chi connectivity index (χ0) is 25.1. The Morgan fingerprint density at radius 3 is 2.25 bits per heavy atom. The number of aliphatic carboxylic acids is 1. The quantitative estimate of drug-likeness (QED) is 0.257. The van der Waals surface area contributed by atoms with E-state index >= 15 is 0 Å². The summed E-state index contributed by atoms with van der Waals surface area (Å²) in [5.74, 6) is -0.376. The van der Waals surface area contributed by atoms with Gasteiger partial charge in [0.15, 0.2) is 5.76 Å². The molecule has 6 nitrogen and oxygen atoms in total. The number of nitrogens with zero attached hydrogens (tertiary/aromatic N) is 2. The molecule has 0 aliphatic rings. The van der Waals surface area contributed by atoms with Gasteiger partial charge in [0.25, 0.3) is 0 Å². The van der Waals surface area contributed by atoms with Crippen molar-refractivity contribution in [1.29, 1.82) is 0 Å². The summed E-state index contributed by atoms with van der Waals surface area (Å²) in [6.45, 7) is 3.54. The van der Waals surface area contributed by atoms with Crippen LogP contribution in [-0.4, -0.2) is 21.2 Å². The van der Waals surface area contributed by atoms with Gasteiger partial charge in [-0.25, -0.2) is 4.98 Å². The SMILES string of the molecule is Cc1noc(-c2cc(C(C)C(=O)O)ccc2-c2ccccc2)c1Nc1cccc(-c2ccccc2)n1. The number of benzene rings is 3. The maximum atomic E-state index is 11.7. The molecule has 2 aromatic heterocycles. The first-order chi connectivity index (χ1) is 17.5. The van der Waals surface area contributed by atoms with Gasteiger partial charge in [-0.1, -0.05) is 84.0 Å². The summed E-state index contributed by atoms with van der Waals surface area (Å²) in [7, 11) is 0. The molecule has 2 N–H and O–H groups in total. The topological polar surface area (TPSA) is 88.2 Å². The lowest BCUT2D eigenvalue weighted by molar-refractivity contribution is -0.138. The number of hydrogen-bond donors (Lipinski definition) is 2. The van der Waals surface area contributed by atoms with Crippen LogP contribution >= 0.6 is 0 Å². The third kappa shape index (κ3) is 4.61. The van der Waals surface area contributed by atoms with E-state index in [1.807, 2.05) is 104 Å². The van der Waals surface area contributed by atoms with E-state index in [0.29, 0.717) is 28.5 Å². The molecule has 3 aromatic carbocycles. The highest BCUT2D eigenvalue weighted by atomic mass is 16.5. The van der Waals surface area contributed by atoms with Crippen molar-refractivity contribution in [2.24, 2.45) is 0 Å². The maximum Gasteiger partial charge on any atom is 0.310 e. The van der Waals surface area contributed by atoms with E-state index in [9.17, 15) is 9.90 Å². The Labute approximate surface area is 209 Å². The van der Waals surface area contributed by atoms with Gasteiger partial charge in [-0.15, -0.1) is 0 Å². The molecule has 5 aromatic rings. The number of carboxylic acid groups (broad SMARTS) is 1. The fraction of sp³-hybridized carbons (Fsp3) is 0.100. The van der Waals surface area contributed by atoms with Gasteiger partial charge in [-0.3, -0.25) is 4.79 Å². The van der Waals surface area contributed by atoms with Crippen molar-refractivity contribution >= 4 is 17.5 Å². The number of anilines is 2. The van der Waals surface area contributed by atoms with E-state index in [1.54, 1.807) is 6.92 Å².